The van der Waals surface area contributed by atoms with Gasteiger partial charge in [-0.1, -0.05) is 18.2 Å². The smallest absolute Gasteiger partial charge is 0.280 e. The van der Waals surface area contributed by atoms with Gasteiger partial charge in [0.1, 0.15) is 22.9 Å². The van der Waals surface area contributed by atoms with Gasteiger partial charge in [0.25, 0.3) is 11.5 Å². The molecule has 0 unspecified atom stereocenters. The van der Waals surface area contributed by atoms with Gasteiger partial charge in [0.05, 0.1) is 25.1 Å². The zero-order valence-corrected chi connectivity index (χ0v) is 16.8. The number of nitrogens with one attached hydrogen (secondary N) is 1. The molecule has 0 saturated heterocycles. The molecule has 1 amide bonds. The van der Waals surface area contributed by atoms with E-state index in [9.17, 15) is 14.0 Å². The molecule has 1 aromatic heterocycles. The van der Waals surface area contributed by atoms with Crippen molar-refractivity contribution in [3.05, 3.63) is 88.5 Å². The Morgan fingerprint density at radius 1 is 0.935 bits per heavy atom. The Morgan fingerprint density at radius 3 is 2.23 bits per heavy atom. The van der Waals surface area contributed by atoms with Gasteiger partial charge >= 0.3 is 0 Å². The number of nitrogens with zero attached hydrogens (tertiary/aromatic N) is 2. The number of ether oxygens (including phenoxy) is 2. The maximum atomic E-state index is 13.4. The van der Waals surface area contributed by atoms with Crippen LogP contribution < -0.4 is 20.5 Å². The van der Waals surface area contributed by atoms with E-state index in [2.05, 4.69) is 10.4 Å². The molecular formula is C23H18FN3O4. The Labute approximate surface area is 176 Å². The van der Waals surface area contributed by atoms with E-state index in [0.29, 0.717) is 16.5 Å². The molecule has 3 aromatic carbocycles. The minimum atomic E-state index is -0.628. The van der Waals surface area contributed by atoms with Crippen molar-refractivity contribution in [2.45, 2.75) is 0 Å². The summed E-state index contributed by atoms with van der Waals surface area (Å²) in [6.07, 6.45) is 0. The lowest BCUT2D eigenvalue weighted by Gasteiger charge is -2.17. The van der Waals surface area contributed by atoms with Crippen molar-refractivity contribution >= 4 is 16.8 Å². The molecule has 0 atom stereocenters. The Bertz CT molecular complexity index is 1310. The van der Waals surface area contributed by atoms with Gasteiger partial charge in [-0.15, -0.1) is 0 Å². The Kier molecular flexibility index (Phi) is 5.36. The van der Waals surface area contributed by atoms with Crippen LogP contribution in [0.3, 0.4) is 0 Å². The van der Waals surface area contributed by atoms with E-state index in [4.69, 9.17) is 9.47 Å². The van der Waals surface area contributed by atoms with Crippen molar-refractivity contribution in [3.8, 4) is 22.9 Å². The number of para-hydroxylation sites is 1. The van der Waals surface area contributed by atoms with Crippen LogP contribution in [0.5, 0.6) is 11.5 Å². The number of aromatic nitrogens is 2. The van der Waals surface area contributed by atoms with Crippen molar-refractivity contribution in [2.75, 3.05) is 19.6 Å². The van der Waals surface area contributed by atoms with Gasteiger partial charge in [0.15, 0.2) is 5.82 Å². The number of benzene rings is 3. The highest BCUT2D eigenvalue weighted by Crippen LogP contribution is 2.28. The van der Waals surface area contributed by atoms with Crippen LogP contribution in [0.1, 0.15) is 10.4 Å². The third-order valence-electron chi connectivity index (χ3n) is 4.75. The first-order valence-corrected chi connectivity index (χ1v) is 9.33. The number of carbonyl (C=O) groups excluding carboxylic acids is 1. The fourth-order valence-electron chi connectivity index (χ4n) is 3.26. The maximum Gasteiger partial charge on any atom is 0.280 e. The van der Waals surface area contributed by atoms with Crippen LogP contribution in [-0.2, 0) is 0 Å². The summed E-state index contributed by atoms with van der Waals surface area (Å²) >= 11 is 0. The monoisotopic (exact) mass is 419 g/mol. The summed E-state index contributed by atoms with van der Waals surface area (Å²) in [4.78, 5) is 30.9. The van der Waals surface area contributed by atoms with Crippen LogP contribution in [0.2, 0.25) is 0 Å². The number of fused-ring (bicyclic) bond motifs is 1. The molecule has 0 fully saturated rings. The number of rotatable bonds is 5. The van der Waals surface area contributed by atoms with E-state index in [0.717, 1.165) is 4.68 Å². The minimum Gasteiger partial charge on any atom is -0.496 e. The summed E-state index contributed by atoms with van der Waals surface area (Å²) in [6.45, 7) is 0. The molecular weight excluding hydrogens is 401 g/mol. The van der Waals surface area contributed by atoms with E-state index < -0.39 is 17.3 Å². The maximum absolute atomic E-state index is 13.4. The molecule has 0 aliphatic rings. The van der Waals surface area contributed by atoms with E-state index in [1.54, 1.807) is 42.5 Å². The van der Waals surface area contributed by atoms with E-state index in [1.807, 2.05) is 0 Å². The second-order valence-electron chi connectivity index (χ2n) is 6.58. The summed E-state index contributed by atoms with van der Waals surface area (Å²) in [5.74, 6) is -0.340. The van der Waals surface area contributed by atoms with Gasteiger partial charge in [-0.25, -0.2) is 9.37 Å². The number of carbonyl (C=O) groups is 1. The Morgan fingerprint density at radius 2 is 1.58 bits per heavy atom. The van der Waals surface area contributed by atoms with Crippen molar-refractivity contribution in [1.82, 2.24) is 9.66 Å². The average Bonchev–Trinajstić information content (AvgIpc) is 2.80. The van der Waals surface area contributed by atoms with Gasteiger partial charge in [0, 0.05) is 5.56 Å². The van der Waals surface area contributed by atoms with Crippen LogP contribution in [-0.4, -0.2) is 29.8 Å². The van der Waals surface area contributed by atoms with Crippen molar-refractivity contribution < 1.29 is 18.7 Å². The molecule has 0 bridgehead atoms. The van der Waals surface area contributed by atoms with Crippen LogP contribution in [0.15, 0.2) is 71.5 Å². The molecule has 31 heavy (non-hydrogen) atoms. The van der Waals surface area contributed by atoms with Crippen LogP contribution in [0.25, 0.3) is 22.3 Å². The molecule has 4 aromatic rings. The molecule has 0 aliphatic carbocycles. The summed E-state index contributed by atoms with van der Waals surface area (Å²) in [7, 11) is 2.86. The normalized spacial score (nSPS) is 10.7. The fraction of sp³-hybridized carbons (Fsp3) is 0.0870. The predicted octanol–water partition coefficient (Wildman–Crippen LogP) is 3.60. The molecule has 0 saturated carbocycles. The van der Waals surface area contributed by atoms with Crippen LogP contribution in [0, 0.1) is 5.82 Å². The lowest BCUT2D eigenvalue weighted by molar-refractivity contribution is 0.100. The van der Waals surface area contributed by atoms with Gasteiger partial charge < -0.3 is 9.47 Å². The summed E-state index contributed by atoms with van der Waals surface area (Å²) in [6, 6.07) is 17.2. The number of hydrogen-bond acceptors (Lipinski definition) is 5. The molecule has 8 heteroatoms. The molecule has 1 heterocycles. The fourth-order valence-corrected chi connectivity index (χ4v) is 3.26. The zero-order chi connectivity index (χ0) is 22.0. The SMILES string of the molecule is COc1cccc(OC)c1C(=O)Nn1c(-c2ccc(F)cc2)nc2ccccc2c1=O. The number of methoxy groups -OCH3 is 2. The standard InChI is InChI=1S/C23H18FN3O4/c1-30-18-8-5-9-19(31-2)20(18)22(28)26-27-21(14-10-12-15(24)13-11-14)25-17-7-4-3-6-16(17)23(27)29/h3-13H,1-2H3,(H,26,28). The number of amides is 1. The number of halogens is 1. The van der Waals surface area contributed by atoms with Gasteiger partial charge in [-0.3, -0.25) is 15.0 Å². The highest BCUT2D eigenvalue weighted by atomic mass is 19.1. The third kappa shape index (κ3) is 3.71. The second-order valence-corrected chi connectivity index (χ2v) is 6.58. The quantitative estimate of drug-likeness (QED) is 0.535. The average molecular weight is 419 g/mol. The summed E-state index contributed by atoms with van der Waals surface area (Å²) in [5.41, 5.74) is 3.15. The lowest BCUT2D eigenvalue weighted by Crippen LogP contribution is -2.35. The summed E-state index contributed by atoms with van der Waals surface area (Å²) < 4.78 is 25.1. The highest BCUT2D eigenvalue weighted by molar-refractivity contribution is 6.05. The Balaban J connectivity index is 1.90. The molecule has 7 nitrogen and oxygen atoms in total. The highest BCUT2D eigenvalue weighted by Gasteiger charge is 2.21. The third-order valence-corrected chi connectivity index (χ3v) is 4.75. The molecule has 4 rings (SSSR count). The van der Waals surface area contributed by atoms with Crippen molar-refractivity contribution in [3.63, 3.8) is 0 Å². The Hall–Kier alpha value is -4.20. The van der Waals surface area contributed by atoms with Gasteiger partial charge in [-0.2, -0.15) is 4.68 Å². The molecule has 1 N–H and O–H groups in total. The number of hydrogen-bond donors (Lipinski definition) is 1. The van der Waals surface area contributed by atoms with Crippen LogP contribution in [0.4, 0.5) is 4.39 Å². The van der Waals surface area contributed by atoms with Crippen molar-refractivity contribution in [1.29, 1.82) is 0 Å². The minimum absolute atomic E-state index is 0.123. The first-order chi connectivity index (χ1) is 15.0. The largest absolute Gasteiger partial charge is 0.496 e. The van der Waals surface area contributed by atoms with E-state index >= 15 is 0 Å². The molecule has 0 spiro atoms. The predicted molar refractivity (Wildman–Crippen MR) is 115 cm³/mol. The first-order valence-electron chi connectivity index (χ1n) is 9.33. The van der Waals surface area contributed by atoms with Crippen LogP contribution >= 0.6 is 0 Å². The lowest BCUT2D eigenvalue weighted by atomic mass is 10.1. The zero-order valence-electron chi connectivity index (χ0n) is 16.8. The van der Waals surface area contributed by atoms with Gasteiger partial charge in [0.2, 0.25) is 0 Å². The second kappa shape index (κ2) is 8.27. The molecule has 0 aliphatic heterocycles. The molecule has 156 valence electrons. The van der Waals surface area contributed by atoms with E-state index in [-0.39, 0.29) is 22.9 Å². The van der Waals surface area contributed by atoms with Gasteiger partial charge in [-0.05, 0) is 48.5 Å². The topological polar surface area (TPSA) is 82.4 Å². The molecule has 0 radical (unpaired) electrons. The van der Waals surface area contributed by atoms with Crippen molar-refractivity contribution in [2.24, 2.45) is 0 Å². The van der Waals surface area contributed by atoms with E-state index in [1.165, 1.54) is 38.5 Å². The first kappa shape index (κ1) is 20.1. The summed E-state index contributed by atoms with van der Waals surface area (Å²) in [5, 5.41) is 0.320.